The molecular formula is C27H24N2O7S. The Balaban J connectivity index is 1.56. The summed E-state index contributed by atoms with van der Waals surface area (Å²) in [6, 6.07) is 13.6. The van der Waals surface area contributed by atoms with Gasteiger partial charge in [0, 0.05) is 0 Å². The number of nitrogens with zero attached hydrogens (tertiary/aromatic N) is 1. The molecular weight excluding hydrogens is 496 g/mol. The second kappa shape index (κ2) is 10.7. The van der Waals surface area contributed by atoms with Crippen LogP contribution >= 0.6 is 12.2 Å². The molecule has 190 valence electrons. The highest BCUT2D eigenvalue weighted by Gasteiger charge is 2.34. The number of hydrogen-bond donors (Lipinski definition) is 1. The molecule has 0 aliphatic carbocycles. The van der Waals surface area contributed by atoms with E-state index >= 15 is 0 Å². The molecule has 1 fully saturated rings. The first-order valence-corrected chi connectivity index (χ1v) is 11.6. The lowest BCUT2D eigenvalue weighted by Gasteiger charge is -2.29. The lowest BCUT2D eigenvalue weighted by Crippen LogP contribution is -2.54. The average molecular weight is 521 g/mol. The van der Waals surface area contributed by atoms with Crippen molar-refractivity contribution in [3.05, 3.63) is 82.3 Å². The Labute approximate surface area is 218 Å². The first kappa shape index (κ1) is 25.6. The minimum Gasteiger partial charge on any atom is -0.493 e. The fourth-order valence-electron chi connectivity index (χ4n) is 3.63. The van der Waals surface area contributed by atoms with Gasteiger partial charge in [0.15, 0.2) is 16.6 Å². The third-order valence-corrected chi connectivity index (χ3v) is 6.05. The molecule has 4 rings (SSSR count). The summed E-state index contributed by atoms with van der Waals surface area (Å²) in [4.78, 5) is 38.8. The van der Waals surface area contributed by atoms with Gasteiger partial charge in [-0.15, -0.1) is 0 Å². The van der Waals surface area contributed by atoms with Gasteiger partial charge in [-0.05, 0) is 85.2 Å². The van der Waals surface area contributed by atoms with Crippen LogP contribution in [-0.4, -0.2) is 37.1 Å². The van der Waals surface area contributed by atoms with E-state index < -0.39 is 17.8 Å². The third-order valence-electron chi connectivity index (χ3n) is 5.77. The largest absolute Gasteiger partial charge is 0.493 e. The molecule has 37 heavy (non-hydrogen) atoms. The first-order chi connectivity index (χ1) is 17.7. The van der Waals surface area contributed by atoms with Gasteiger partial charge in [0.05, 0.1) is 19.9 Å². The summed E-state index contributed by atoms with van der Waals surface area (Å²) in [5.74, 6) is -0.443. The molecule has 0 spiro atoms. The van der Waals surface area contributed by atoms with Crippen LogP contribution in [0.15, 0.2) is 58.5 Å². The van der Waals surface area contributed by atoms with Gasteiger partial charge in [0.2, 0.25) is 5.76 Å². The number of esters is 1. The molecule has 1 aliphatic heterocycles. The molecule has 1 N–H and O–H groups in total. The van der Waals surface area contributed by atoms with E-state index in [0.717, 1.165) is 11.1 Å². The van der Waals surface area contributed by atoms with Gasteiger partial charge in [-0.25, -0.2) is 4.79 Å². The number of carbonyl (C=O) groups excluding carboxylic acids is 3. The molecule has 1 saturated heterocycles. The van der Waals surface area contributed by atoms with Crippen molar-refractivity contribution in [2.75, 3.05) is 19.1 Å². The van der Waals surface area contributed by atoms with Gasteiger partial charge < -0.3 is 18.6 Å². The Kier molecular flexibility index (Phi) is 7.40. The third kappa shape index (κ3) is 5.39. The van der Waals surface area contributed by atoms with Crippen molar-refractivity contribution in [3.8, 4) is 11.5 Å². The van der Waals surface area contributed by atoms with Crippen LogP contribution in [0.25, 0.3) is 6.08 Å². The molecule has 1 aromatic heterocycles. The molecule has 0 atom stereocenters. The maximum Gasteiger partial charge on any atom is 0.373 e. The summed E-state index contributed by atoms with van der Waals surface area (Å²) in [6.07, 6.45) is 1.47. The van der Waals surface area contributed by atoms with Crippen molar-refractivity contribution in [1.29, 1.82) is 0 Å². The van der Waals surface area contributed by atoms with Gasteiger partial charge in [-0.2, -0.15) is 0 Å². The number of anilines is 1. The Morgan fingerprint density at radius 3 is 2.51 bits per heavy atom. The van der Waals surface area contributed by atoms with Crippen LogP contribution in [0.4, 0.5) is 5.69 Å². The van der Waals surface area contributed by atoms with Crippen LogP contribution in [0, 0.1) is 13.8 Å². The molecule has 2 amide bonds. The fourth-order valence-corrected chi connectivity index (χ4v) is 3.91. The number of amides is 2. The maximum atomic E-state index is 13.3. The second-order valence-electron chi connectivity index (χ2n) is 8.18. The molecule has 0 bridgehead atoms. The van der Waals surface area contributed by atoms with Crippen molar-refractivity contribution in [1.82, 2.24) is 5.32 Å². The van der Waals surface area contributed by atoms with E-state index in [1.54, 1.807) is 30.3 Å². The molecule has 0 radical (unpaired) electrons. The highest BCUT2D eigenvalue weighted by Crippen LogP contribution is 2.31. The van der Waals surface area contributed by atoms with Crippen LogP contribution in [-0.2, 0) is 20.9 Å². The van der Waals surface area contributed by atoms with Crippen LogP contribution in [0.3, 0.4) is 0 Å². The SMILES string of the molecule is COC(=O)c1ccc(COc2ccc(C=C3C(=O)NC(=S)N(c4ccc(C)c(C)c4)C3=O)cc2OC)o1. The van der Waals surface area contributed by atoms with E-state index in [1.165, 1.54) is 31.3 Å². The van der Waals surface area contributed by atoms with Crippen LogP contribution in [0.2, 0.25) is 0 Å². The van der Waals surface area contributed by atoms with Crippen LogP contribution in [0.5, 0.6) is 11.5 Å². The lowest BCUT2D eigenvalue weighted by molar-refractivity contribution is -0.122. The van der Waals surface area contributed by atoms with E-state index in [9.17, 15) is 14.4 Å². The van der Waals surface area contributed by atoms with E-state index in [4.69, 9.17) is 26.1 Å². The number of furan rings is 1. The first-order valence-electron chi connectivity index (χ1n) is 11.2. The van der Waals surface area contributed by atoms with E-state index in [1.807, 2.05) is 26.0 Å². The summed E-state index contributed by atoms with van der Waals surface area (Å²) in [5, 5.41) is 2.60. The highest BCUT2D eigenvalue weighted by molar-refractivity contribution is 7.80. The molecule has 10 heteroatoms. The molecule has 0 unspecified atom stereocenters. The summed E-state index contributed by atoms with van der Waals surface area (Å²) in [7, 11) is 2.74. The number of carbonyl (C=O) groups is 3. The van der Waals surface area contributed by atoms with Crippen molar-refractivity contribution in [2.24, 2.45) is 0 Å². The number of methoxy groups -OCH3 is 2. The van der Waals surface area contributed by atoms with Crippen molar-refractivity contribution >= 4 is 46.9 Å². The second-order valence-corrected chi connectivity index (χ2v) is 8.57. The quantitative estimate of drug-likeness (QED) is 0.215. The summed E-state index contributed by atoms with van der Waals surface area (Å²) in [5.41, 5.74) is 3.10. The number of nitrogens with one attached hydrogen (secondary N) is 1. The minimum atomic E-state index is -0.589. The average Bonchev–Trinajstić information content (AvgIpc) is 3.36. The van der Waals surface area contributed by atoms with Gasteiger partial charge in [0.1, 0.15) is 17.9 Å². The monoisotopic (exact) mass is 520 g/mol. The Morgan fingerprint density at radius 1 is 1.03 bits per heavy atom. The molecule has 2 aromatic carbocycles. The van der Waals surface area contributed by atoms with E-state index in [-0.39, 0.29) is 23.1 Å². The Morgan fingerprint density at radius 2 is 1.81 bits per heavy atom. The van der Waals surface area contributed by atoms with E-state index in [0.29, 0.717) is 28.5 Å². The Hall–Kier alpha value is -4.44. The number of benzene rings is 2. The predicted molar refractivity (Wildman–Crippen MR) is 139 cm³/mol. The van der Waals surface area contributed by atoms with Gasteiger partial charge in [-0.3, -0.25) is 19.8 Å². The number of aryl methyl sites for hydroxylation is 2. The van der Waals surface area contributed by atoms with E-state index in [2.05, 4.69) is 10.1 Å². The topological polar surface area (TPSA) is 107 Å². The number of thiocarbonyl (C=S) groups is 1. The standard InChI is InChI=1S/C27H24N2O7S/c1-15-5-7-18(11-16(15)2)29-25(31)20(24(30)28-27(29)37)12-17-6-9-21(23(13-17)33-3)35-14-19-8-10-22(36-19)26(32)34-4/h5-13H,14H2,1-4H3,(H,28,30,37). The highest BCUT2D eigenvalue weighted by atomic mass is 32.1. The zero-order valence-corrected chi connectivity index (χ0v) is 21.4. The predicted octanol–water partition coefficient (Wildman–Crippen LogP) is 4.10. The smallest absolute Gasteiger partial charge is 0.373 e. The molecule has 2 heterocycles. The van der Waals surface area contributed by atoms with Gasteiger partial charge >= 0.3 is 5.97 Å². The summed E-state index contributed by atoms with van der Waals surface area (Å²) < 4.78 is 21.2. The van der Waals surface area contributed by atoms with Crippen LogP contribution < -0.4 is 19.7 Å². The summed E-state index contributed by atoms with van der Waals surface area (Å²) >= 11 is 5.28. The van der Waals surface area contributed by atoms with Gasteiger partial charge in [0.25, 0.3) is 11.8 Å². The number of ether oxygens (including phenoxy) is 3. The zero-order chi connectivity index (χ0) is 26.7. The summed E-state index contributed by atoms with van der Waals surface area (Å²) in [6.45, 7) is 3.94. The molecule has 0 saturated carbocycles. The maximum absolute atomic E-state index is 13.3. The lowest BCUT2D eigenvalue weighted by atomic mass is 10.0. The Bertz CT molecular complexity index is 1440. The van der Waals surface area contributed by atoms with Crippen molar-refractivity contribution in [3.63, 3.8) is 0 Å². The van der Waals surface area contributed by atoms with Crippen molar-refractivity contribution in [2.45, 2.75) is 20.5 Å². The number of hydrogen-bond acceptors (Lipinski definition) is 8. The van der Waals surface area contributed by atoms with Crippen molar-refractivity contribution < 1.29 is 33.0 Å². The molecule has 3 aromatic rings. The van der Waals surface area contributed by atoms with Gasteiger partial charge in [-0.1, -0.05) is 12.1 Å². The zero-order valence-electron chi connectivity index (χ0n) is 20.6. The molecule has 1 aliphatic rings. The van der Waals surface area contributed by atoms with Crippen LogP contribution in [0.1, 0.15) is 33.0 Å². The normalized spacial score (nSPS) is 14.5. The minimum absolute atomic E-state index is 0.0185. The number of rotatable bonds is 7. The fraction of sp³-hybridized carbons (Fsp3) is 0.185. The molecule has 9 nitrogen and oxygen atoms in total.